The fourth-order valence-corrected chi connectivity index (χ4v) is 3.76. The van der Waals surface area contributed by atoms with Crippen molar-refractivity contribution >= 4 is 27.8 Å². The van der Waals surface area contributed by atoms with Crippen LogP contribution in [0.4, 0.5) is 5.95 Å². The monoisotopic (exact) mass is 379 g/mol. The predicted octanol–water partition coefficient (Wildman–Crippen LogP) is 5.80. The van der Waals surface area contributed by atoms with Crippen LogP contribution in [0.1, 0.15) is 5.56 Å². The van der Waals surface area contributed by atoms with Crippen LogP contribution in [0, 0.1) is 0 Å². The van der Waals surface area contributed by atoms with Gasteiger partial charge in [-0.2, -0.15) is 0 Å². The van der Waals surface area contributed by atoms with E-state index in [0.29, 0.717) is 6.54 Å². The molecular weight excluding hydrogens is 358 g/mol. The number of methoxy groups -OCH3 is 1. The van der Waals surface area contributed by atoms with Gasteiger partial charge in [-0.1, -0.05) is 54.6 Å². The van der Waals surface area contributed by atoms with E-state index >= 15 is 0 Å². The number of benzene rings is 4. The summed E-state index contributed by atoms with van der Waals surface area (Å²) in [5.74, 6) is 1.66. The van der Waals surface area contributed by atoms with Gasteiger partial charge in [0.05, 0.1) is 18.1 Å². The summed E-state index contributed by atoms with van der Waals surface area (Å²) in [6.07, 6.45) is 0. The number of nitrogens with zero attached hydrogens (tertiary/aromatic N) is 2. The highest BCUT2D eigenvalue weighted by molar-refractivity contribution is 5.86. The van der Waals surface area contributed by atoms with E-state index in [1.165, 1.54) is 16.3 Å². The van der Waals surface area contributed by atoms with Gasteiger partial charge in [0.25, 0.3) is 0 Å². The second-order valence-corrected chi connectivity index (χ2v) is 6.95. The maximum Gasteiger partial charge on any atom is 0.208 e. The normalized spacial score (nSPS) is 11.1. The van der Waals surface area contributed by atoms with Crippen molar-refractivity contribution in [2.24, 2.45) is 0 Å². The molecule has 5 rings (SSSR count). The van der Waals surface area contributed by atoms with Crippen LogP contribution in [-0.2, 0) is 6.54 Å². The molecule has 1 N–H and O–H groups in total. The summed E-state index contributed by atoms with van der Waals surface area (Å²) in [4.78, 5) is 4.85. The Hall–Kier alpha value is -3.79. The Bertz CT molecular complexity index is 1280. The summed E-state index contributed by atoms with van der Waals surface area (Å²) >= 11 is 0. The highest BCUT2D eigenvalue weighted by Gasteiger charge is 2.12. The van der Waals surface area contributed by atoms with Crippen molar-refractivity contribution in [3.05, 3.63) is 96.6 Å². The minimum absolute atomic E-state index is 0.695. The topological polar surface area (TPSA) is 39.1 Å². The molecular formula is C25H21N3O. The zero-order valence-electron chi connectivity index (χ0n) is 16.2. The molecule has 0 amide bonds. The van der Waals surface area contributed by atoms with Gasteiger partial charge in [-0.3, -0.25) is 4.57 Å². The molecule has 0 radical (unpaired) electrons. The summed E-state index contributed by atoms with van der Waals surface area (Å²) in [6.45, 7) is 0.695. The third kappa shape index (κ3) is 3.19. The zero-order chi connectivity index (χ0) is 19.6. The molecule has 4 nitrogen and oxygen atoms in total. The minimum Gasteiger partial charge on any atom is -0.497 e. The van der Waals surface area contributed by atoms with E-state index in [1.54, 1.807) is 7.11 Å². The molecule has 0 atom stereocenters. The van der Waals surface area contributed by atoms with Gasteiger partial charge in [0, 0.05) is 12.2 Å². The molecule has 1 aromatic heterocycles. The average molecular weight is 379 g/mol. The van der Waals surface area contributed by atoms with Gasteiger partial charge in [-0.05, 0) is 52.7 Å². The Morgan fingerprint density at radius 3 is 2.45 bits per heavy atom. The van der Waals surface area contributed by atoms with E-state index in [1.807, 2.05) is 30.3 Å². The molecule has 0 unspecified atom stereocenters. The summed E-state index contributed by atoms with van der Waals surface area (Å²) in [6, 6.07) is 31.1. The number of fused-ring (bicyclic) bond motifs is 2. The van der Waals surface area contributed by atoms with Gasteiger partial charge in [0.15, 0.2) is 0 Å². The van der Waals surface area contributed by atoms with Crippen molar-refractivity contribution in [2.45, 2.75) is 6.54 Å². The Balaban J connectivity index is 1.56. The maximum atomic E-state index is 5.31. The van der Waals surface area contributed by atoms with Crippen LogP contribution in [0.5, 0.6) is 5.75 Å². The Kier molecular flexibility index (Phi) is 4.37. The molecule has 0 aliphatic heterocycles. The van der Waals surface area contributed by atoms with E-state index in [9.17, 15) is 0 Å². The molecule has 5 aromatic rings. The number of nitrogens with one attached hydrogen (secondary N) is 1. The van der Waals surface area contributed by atoms with Crippen LogP contribution in [0.15, 0.2) is 91.0 Å². The van der Waals surface area contributed by atoms with Crippen LogP contribution >= 0.6 is 0 Å². The molecule has 142 valence electrons. The quantitative estimate of drug-likeness (QED) is 0.419. The lowest BCUT2D eigenvalue weighted by Gasteiger charge is -2.13. The second-order valence-electron chi connectivity index (χ2n) is 6.95. The number of rotatable bonds is 5. The minimum atomic E-state index is 0.695. The lowest BCUT2D eigenvalue weighted by molar-refractivity contribution is 0.415. The van der Waals surface area contributed by atoms with E-state index in [4.69, 9.17) is 9.72 Å². The van der Waals surface area contributed by atoms with Crippen molar-refractivity contribution < 1.29 is 4.74 Å². The summed E-state index contributed by atoms with van der Waals surface area (Å²) in [5, 5.41) is 6.06. The van der Waals surface area contributed by atoms with Gasteiger partial charge in [-0.25, -0.2) is 4.98 Å². The fraction of sp³-hybridized carbons (Fsp3) is 0.0800. The molecule has 0 spiro atoms. The van der Waals surface area contributed by atoms with E-state index in [-0.39, 0.29) is 0 Å². The van der Waals surface area contributed by atoms with E-state index < -0.39 is 0 Å². The molecule has 0 bridgehead atoms. The first-order valence-corrected chi connectivity index (χ1v) is 9.66. The number of ether oxygens (including phenoxy) is 1. The van der Waals surface area contributed by atoms with Crippen LogP contribution in [-0.4, -0.2) is 16.7 Å². The highest BCUT2D eigenvalue weighted by atomic mass is 16.5. The van der Waals surface area contributed by atoms with Gasteiger partial charge >= 0.3 is 0 Å². The second kappa shape index (κ2) is 7.32. The standard InChI is InChI=1S/C25H21N3O/c1-29-21-15-13-20(14-16-21)28-24-12-5-4-11-23(24)27-25(28)26-17-19-9-6-8-18-7-2-3-10-22(18)19/h2-16H,17H2,1H3,(H,26,27). The molecule has 4 aromatic carbocycles. The number of hydrogen-bond donors (Lipinski definition) is 1. The van der Waals surface area contributed by atoms with Crippen LogP contribution in [0.2, 0.25) is 0 Å². The molecule has 1 heterocycles. The third-order valence-electron chi connectivity index (χ3n) is 5.21. The number of imidazole rings is 1. The fourth-order valence-electron chi connectivity index (χ4n) is 3.76. The van der Waals surface area contributed by atoms with Crippen LogP contribution in [0.25, 0.3) is 27.5 Å². The third-order valence-corrected chi connectivity index (χ3v) is 5.21. The van der Waals surface area contributed by atoms with Crippen molar-refractivity contribution in [3.63, 3.8) is 0 Å². The first kappa shape index (κ1) is 17.3. The molecule has 0 saturated carbocycles. The average Bonchev–Trinajstić information content (AvgIpc) is 3.16. The number of hydrogen-bond acceptors (Lipinski definition) is 3. The summed E-state index contributed by atoms with van der Waals surface area (Å²) < 4.78 is 7.46. The maximum absolute atomic E-state index is 5.31. The highest BCUT2D eigenvalue weighted by Crippen LogP contribution is 2.27. The van der Waals surface area contributed by atoms with Crippen LogP contribution < -0.4 is 10.1 Å². The Morgan fingerprint density at radius 1 is 0.828 bits per heavy atom. The van der Waals surface area contributed by atoms with Crippen LogP contribution in [0.3, 0.4) is 0 Å². The first-order chi connectivity index (χ1) is 14.3. The molecule has 0 aliphatic rings. The Labute approximate surface area is 169 Å². The van der Waals surface area contributed by atoms with Gasteiger partial charge < -0.3 is 10.1 Å². The smallest absolute Gasteiger partial charge is 0.208 e. The summed E-state index contributed by atoms with van der Waals surface area (Å²) in [7, 11) is 1.68. The molecule has 4 heteroatoms. The zero-order valence-corrected chi connectivity index (χ0v) is 16.2. The van der Waals surface area contributed by atoms with Gasteiger partial charge in [-0.15, -0.1) is 0 Å². The first-order valence-electron chi connectivity index (χ1n) is 9.66. The SMILES string of the molecule is COc1ccc(-n2c(NCc3cccc4ccccc34)nc3ccccc32)cc1. The predicted molar refractivity (Wildman–Crippen MR) is 119 cm³/mol. The Morgan fingerprint density at radius 2 is 1.59 bits per heavy atom. The van der Waals surface area contributed by atoms with Crippen molar-refractivity contribution in [1.82, 2.24) is 9.55 Å². The number of aromatic nitrogens is 2. The largest absolute Gasteiger partial charge is 0.497 e. The van der Waals surface area contributed by atoms with E-state index in [0.717, 1.165) is 28.4 Å². The van der Waals surface area contributed by atoms with E-state index in [2.05, 4.69) is 70.5 Å². The van der Waals surface area contributed by atoms with Gasteiger partial charge in [0.1, 0.15) is 5.75 Å². The molecule has 0 fully saturated rings. The lowest BCUT2D eigenvalue weighted by Crippen LogP contribution is -2.07. The number of para-hydroxylation sites is 2. The van der Waals surface area contributed by atoms with Crippen molar-refractivity contribution in [1.29, 1.82) is 0 Å². The number of anilines is 1. The summed E-state index contributed by atoms with van der Waals surface area (Å²) in [5.41, 5.74) is 4.32. The molecule has 29 heavy (non-hydrogen) atoms. The van der Waals surface area contributed by atoms with Crippen molar-refractivity contribution in [3.8, 4) is 11.4 Å². The molecule has 0 saturated heterocycles. The van der Waals surface area contributed by atoms with Crippen molar-refractivity contribution in [2.75, 3.05) is 12.4 Å². The lowest BCUT2D eigenvalue weighted by atomic mass is 10.0. The van der Waals surface area contributed by atoms with Gasteiger partial charge in [0.2, 0.25) is 5.95 Å². The molecule has 0 aliphatic carbocycles.